The Balaban J connectivity index is 1.85. The molecule has 3 atom stereocenters. The third-order valence-electron chi connectivity index (χ3n) is 4.45. The van der Waals surface area contributed by atoms with E-state index < -0.39 is 23.4 Å². The first-order chi connectivity index (χ1) is 11.3. The van der Waals surface area contributed by atoms with Crippen molar-refractivity contribution in [2.24, 2.45) is 0 Å². The minimum atomic E-state index is -0.973. The van der Waals surface area contributed by atoms with Crippen molar-refractivity contribution < 1.29 is 14.4 Å². The summed E-state index contributed by atoms with van der Waals surface area (Å²) in [5.74, 6) is -0.917. The number of carbonyl (C=O) groups is 3. The number of nitrogens with zero attached hydrogens (tertiary/aromatic N) is 3. The Kier molecular flexibility index (Phi) is 5.23. The van der Waals surface area contributed by atoms with E-state index in [2.05, 4.69) is 21.2 Å². The Hall–Kier alpha value is -2.42. The second-order valence-electron chi connectivity index (χ2n) is 6.19. The zero-order valence-electron chi connectivity index (χ0n) is 14.4. The fourth-order valence-corrected chi connectivity index (χ4v) is 2.36. The van der Waals surface area contributed by atoms with Crippen LogP contribution in [0.5, 0.6) is 0 Å². The third kappa shape index (κ3) is 3.56. The van der Waals surface area contributed by atoms with Gasteiger partial charge in [-0.05, 0) is 33.3 Å². The molecule has 9 heteroatoms. The van der Waals surface area contributed by atoms with Gasteiger partial charge in [-0.25, -0.2) is 4.79 Å². The van der Waals surface area contributed by atoms with E-state index in [0.29, 0.717) is 6.42 Å². The van der Waals surface area contributed by atoms with Gasteiger partial charge in [-0.2, -0.15) is 10.1 Å². The van der Waals surface area contributed by atoms with Gasteiger partial charge in [-0.3, -0.25) is 19.7 Å². The lowest BCUT2D eigenvalue weighted by Gasteiger charge is -2.22. The molecule has 2 rings (SSSR count). The quantitative estimate of drug-likeness (QED) is 0.615. The zero-order valence-corrected chi connectivity index (χ0v) is 14.4. The highest BCUT2D eigenvalue weighted by Crippen LogP contribution is 2.19. The minimum Gasteiger partial charge on any atom is -0.322 e. The van der Waals surface area contributed by atoms with Gasteiger partial charge >= 0.3 is 6.03 Å². The summed E-state index contributed by atoms with van der Waals surface area (Å²) in [6.45, 7) is 7.32. The highest BCUT2D eigenvalue weighted by Gasteiger charge is 2.47. The van der Waals surface area contributed by atoms with Gasteiger partial charge in [0.15, 0.2) is 0 Å². The van der Waals surface area contributed by atoms with Gasteiger partial charge in [-0.15, -0.1) is 0 Å². The Labute approximate surface area is 140 Å². The van der Waals surface area contributed by atoms with Crippen molar-refractivity contribution in [3.8, 4) is 0 Å². The molecule has 2 heterocycles. The lowest BCUT2D eigenvalue weighted by Crippen LogP contribution is -2.51. The first kappa shape index (κ1) is 17.9. The van der Waals surface area contributed by atoms with Gasteiger partial charge in [0.1, 0.15) is 5.54 Å². The molecule has 132 valence electrons. The Morgan fingerprint density at radius 1 is 1.42 bits per heavy atom. The van der Waals surface area contributed by atoms with Gasteiger partial charge in [0.2, 0.25) is 0 Å². The molecule has 1 aliphatic rings. The number of carbonyl (C=O) groups excluding carboxylic acids is 3. The molecule has 0 aliphatic carbocycles. The van der Waals surface area contributed by atoms with Crippen LogP contribution in [0.2, 0.25) is 0 Å². The van der Waals surface area contributed by atoms with Crippen LogP contribution in [-0.4, -0.2) is 50.8 Å². The van der Waals surface area contributed by atoms with Crippen molar-refractivity contribution >= 4 is 17.8 Å². The van der Waals surface area contributed by atoms with Crippen LogP contribution in [0.15, 0.2) is 18.5 Å². The van der Waals surface area contributed by atoms with Gasteiger partial charge < -0.3 is 10.6 Å². The largest absolute Gasteiger partial charge is 0.344 e. The van der Waals surface area contributed by atoms with E-state index in [9.17, 15) is 14.4 Å². The average Bonchev–Trinajstić information content (AvgIpc) is 3.16. The monoisotopic (exact) mass is 336 g/mol. The highest BCUT2D eigenvalue weighted by molar-refractivity contribution is 6.07. The third-order valence-corrected chi connectivity index (χ3v) is 4.45. The van der Waals surface area contributed by atoms with Crippen LogP contribution in [0.1, 0.15) is 40.2 Å². The molecule has 9 nitrogen and oxygen atoms in total. The Bertz CT molecular complexity index is 617. The fourth-order valence-electron chi connectivity index (χ4n) is 2.36. The summed E-state index contributed by atoms with van der Waals surface area (Å²) in [5.41, 5.74) is 1.37. The number of hydrazine groups is 1. The molecule has 0 unspecified atom stereocenters. The van der Waals surface area contributed by atoms with Gasteiger partial charge in [0.05, 0.1) is 12.6 Å². The van der Waals surface area contributed by atoms with E-state index in [0.717, 1.165) is 5.01 Å². The standard InChI is InChI=1S/C15H24N6O3/c1-5-15(4)13(23)21(14(24)18-15)19-12(22)9-16-10(2)11(3)20-8-6-7-17-20/h6-8,10-11,16H,5,9H2,1-4H3,(H,18,24)(H,19,22)/t10-,11+,15+/m1/s1. The van der Waals surface area contributed by atoms with Crippen LogP contribution in [0.3, 0.4) is 0 Å². The molecule has 4 amide bonds. The van der Waals surface area contributed by atoms with Crippen LogP contribution in [0.25, 0.3) is 0 Å². The predicted molar refractivity (Wildman–Crippen MR) is 86.6 cm³/mol. The maximum Gasteiger partial charge on any atom is 0.344 e. The molecule has 0 saturated carbocycles. The first-order valence-corrected chi connectivity index (χ1v) is 7.97. The van der Waals surface area contributed by atoms with E-state index in [4.69, 9.17) is 0 Å². The molecule has 0 aromatic carbocycles. The molecule has 0 radical (unpaired) electrons. The minimum absolute atomic E-state index is 0.0212. The lowest BCUT2D eigenvalue weighted by atomic mass is 10.00. The molecule has 24 heavy (non-hydrogen) atoms. The first-order valence-electron chi connectivity index (χ1n) is 7.97. The van der Waals surface area contributed by atoms with E-state index in [1.165, 1.54) is 0 Å². The molecule has 1 aliphatic heterocycles. The number of rotatable bonds is 7. The molecule has 0 spiro atoms. The fraction of sp³-hybridized carbons (Fsp3) is 0.600. The zero-order chi connectivity index (χ0) is 17.9. The summed E-state index contributed by atoms with van der Waals surface area (Å²) in [6.07, 6.45) is 3.99. The van der Waals surface area contributed by atoms with E-state index in [1.807, 2.05) is 26.1 Å². The van der Waals surface area contributed by atoms with E-state index in [1.54, 1.807) is 24.7 Å². The van der Waals surface area contributed by atoms with Crippen molar-refractivity contribution in [2.45, 2.75) is 51.7 Å². The number of aromatic nitrogens is 2. The summed E-state index contributed by atoms with van der Waals surface area (Å²) in [5, 5.41) is 10.6. The van der Waals surface area contributed by atoms with Crippen LogP contribution < -0.4 is 16.1 Å². The van der Waals surface area contributed by atoms with Gasteiger partial charge in [0, 0.05) is 18.4 Å². The number of hydrogen-bond acceptors (Lipinski definition) is 5. The summed E-state index contributed by atoms with van der Waals surface area (Å²) in [4.78, 5) is 36.1. The summed E-state index contributed by atoms with van der Waals surface area (Å²) < 4.78 is 1.79. The summed E-state index contributed by atoms with van der Waals surface area (Å²) in [6, 6.07) is 1.24. The van der Waals surface area contributed by atoms with Crippen molar-refractivity contribution in [1.82, 2.24) is 30.8 Å². The van der Waals surface area contributed by atoms with Crippen molar-refractivity contribution in [3.05, 3.63) is 18.5 Å². The number of amides is 4. The molecule has 1 aromatic rings. The maximum atomic E-state index is 12.2. The Morgan fingerprint density at radius 2 is 2.12 bits per heavy atom. The van der Waals surface area contributed by atoms with Gasteiger partial charge in [0.25, 0.3) is 11.8 Å². The van der Waals surface area contributed by atoms with Crippen LogP contribution >= 0.6 is 0 Å². The highest BCUT2D eigenvalue weighted by atomic mass is 16.2. The lowest BCUT2D eigenvalue weighted by molar-refractivity contribution is -0.138. The predicted octanol–water partition coefficient (Wildman–Crippen LogP) is 0.174. The van der Waals surface area contributed by atoms with E-state index in [-0.39, 0.29) is 18.6 Å². The van der Waals surface area contributed by atoms with Crippen molar-refractivity contribution in [3.63, 3.8) is 0 Å². The second kappa shape index (κ2) is 7.00. The van der Waals surface area contributed by atoms with Crippen LogP contribution in [0.4, 0.5) is 4.79 Å². The molecule has 0 bridgehead atoms. The van der Waals surface area contributed by atoms with Crippen LogP contribution in [0, 0.1) is 0 Å². The van der Waals surface area contributed by atoms with E-state index >= 15 is 0 Å². The molecule has 1 saturated heterocycles. The van der Waals surface area contributed by atoms with Crippen molar-refractivity contribution in [1.29, 1.82) is 0 Å². The normalized spacial score (nSPS) is 23.1. The maximum absolute atomic E-state index is 12.2. The van der Waals surface area contributed by atoms with Crippen LogP contribution in [-0.2, 0) is 9.59 Å². The molecule has 3 N–H and O–H groups in total. The molecule has 1 fully saturated rings. The molecule has 1 aromatic heterocycles. The number of nitrogens with one attached hydrogen (secondary N) is 3. The topological polar surface area (TPSA) is 108 Å². The smallest absolute Gasteiger partial charge is 0.322 e. The Morgan fingerprint density at radius 3 is 2.67 bits per heavy atom. The molecular weight excluding hydrogens is 312 g/mol. The second-order valence-corrected chi connectivity index (χ2v) is 6.19. The van der Waals surface area contributed by atoms with Gasteiger partial charge in [-0.1, -0.05) is 6.92 Å². The number of imide groups is 1. The SMILES string of the molecule is CC[C@]1(C)NC(=O)N(NC(=O)CN[C@H](C)[C@H](C)n2cccn2)C1=O. The number of hydrogen-bond donors (Lipinski definition) is 3. The molecular formula is C15H24N6O3. The number of urea groups is 1. The van der Waals surface area contributed by atoms with Crippen molar-refractivity contribution in [2.75, 3.05) is 6.54 Å². The summed E-state index contributed by atoms with van der Waals surface area (Å²) >= 11 is 0. The summed E-state index contributed by atoms with van der Waals surface area (Å²) in [7, 11) is 0. The average molecular weight is 336 g/mol.